The van der Waals surface area contributed by atoms with Crippen molar-refractivity contribution in [2.24, 2.45) is 5.41 Å². The van der Waals surface area contributed by atoms with E-state index in [9.17, 15) is 0 Å². The van der Waals surface area contributed by atoms with Crippen LogP contribution in [-0.4, -0.2) is 19.0 Å². The van der Waals surface area contributed by atoms with Gasteiger partial charge in [-0.05, 0) is 28.0 Å². The fraction of sp³-hybridized carbons (Fsp3) is 0.778. The molecule has 1 saturated heterocycles. The number of hydrogen-bond acceptors (Lipinski definition) is 2. The van der Waals surface area contributed by atoms with Crippen molar-refractivity contribution in [3.05, 3.63) is 9.66 Å². The second kappa shape index (κ2) is 2.69. The zero-order chi connectivity index (χ0) is 8.82. The molecule has 0 amide bonds. The Bertz CT molecular complexity index is 227. The quantitative estimate of drug-likeness (QED) is 0.635. The van der Waals surface area contributed by atoms with E-state index in [1.54, 1.807) is 0 Å². The van der Waals surface area contributed by atoms with Crippen LogP contribution in [-0.2, 0) is 9.47 Å². The van der Waals surface area contributed by atoms with Gasteiger partial charge in [0.25, 0.3) is 0 Å². The molecule has 3 heteroatoms. The van der Waals surface area contributed by atoms with E-state index in [4.69, 9.17) is 9.47 Å². The molecule has 0 unspecified atom stereocenters. The maximum absolute atomic E-state index is 5.65. The van der Waals surface area contributed by atoms with Gasteiger partial charge in [0.1, 0.15) is 0 Å². The van der Waals surface area contributed by atoms with Gasteiger partial charge in [0.05, 0.1) is 13.2 Å². The molecule has 1 aliphatic heterocycles. The summed E-state index contributed by atoms with van der Waals surface area (Å²) in [5.74, 6) is -0.371. The summed E-state index contributed by atoms with van der Waals surface area (Å²) in [5.41, 5.74) is 0.223. The third-order valence-corrected chi connectivity index (χ3v) is 3.46. The van der Waals surface area contributed by atoms with Crippen LogP contribution in [0.15, 0.2) is 9.66 Å². The molecule has 12 heavy (non-hydrogen) atoms. The molecule has 1 fully saturated rings. The first-order valence-corrected chi connectivity index (χ1v) is 5.29. The third-order valence-electron chi connectivity index (χ3n) is 2.32. The zero-order valence-electron chi connectivity index (χ0n) is 7.39. The number of halogens is 1. The maximum atomic E-state index is 5.65. The molecular weight excluding hydrogens is 267 g/mol. The van der Waals surface area contributed by atoms with E-state index in [-0.39, 0.29) is 11.2 Å². The number of hydrogen-bond donors (Lipinski definition) is 0. The summed E-state index contributed by atoms with van der Waals surface area (Å²) >= 11 is 2.32. The van der Waals surface area contributed by atoms with Gasteiger partial charge in [-0.15, -0.1) is 0 Å². The molecule has 2 rings (SSSR count). The van der Waals surface area contributed by atoms with Crippen molar-refractivity contribution in [2.45, 2.75) is 26.1 Å². The van der Waals surface area contributed by atoms with Crippen LogP contribution in [0.4, 0.5) is 0 Å². The van der Waals surface area contributed by atoms with Gasteiger partial charge in [-0.1, -0.05) is 19.9 Å². The summed E-state index contributed by atoms with van der Waals surface area (Å²) in [4.78, 5) is 0. The second-order valence-electron chi connectivity index (χ2n) is 4.11. The SMILES string of the molecule is CC1(C)C=C(I)C2(C1)OCCO2. The van der Waals surface area contributed by atoms with E-state index in [1.807, 2.05) is 0 Å². The molecule has 2 nitrogen and oxygen atoms in total. The van der Waals surface area contributed by atoms with Crippen LogP contribution >= 0.6 is 22.6 Å². The monoisotopic (exact) mass is 280 g/mol. The molecule has 1 heterocycles. The Morgan fingerprint density at radius 1 is 1.33 bits per heavy atom. The molecule has 0 atom stereocenters. The first-order valence-electron chi connectivity index (χ1n) is 4.21. The van der Waals surface area contributed by atoms with Crippen LogP contribution in [0, 0.1) is 5.41 Å². The van der Waals surface area contributed by atoms with Gasteiger partial charge in [-0.3, -0.25) is 0 Å². The molecule has 0 aromatic heterocycles. The Morgan fingerprint density at radius 2 is 1.92 bits per heavy atom. The van der Waals surface area contributed by atoms with Crippen LogP contribution in [0.25, 0.3) is 0 Å². The van der Waals surface area contributed by atoms with Crippen LogP contribution < -0.4 is 0 Å². The molecular formula is C9H13IO2. The highest BCUT2D eigenvalue weighted by Gasteiger charge is 2.48. The van der Waals surface area contributed by atoms with Gasteiger partial charge in [-0.2, -0.15) is 0 Å². The van der Waals surface area contributed by atoms with E-state index >= 15 is 0 Å². The van der Waals surface area contributed by atoms with E-state index in [0.717, 1.165) is 19.6 Å². The van der Waals surface area contributed by atoms with E-state index < -0.39 is 0 Å². The Balaban J connectivity index is 2.26. The topological polar surface area (TPSA) is 18.5 Å². The van der Waals surface area contributed by atoms with Gasteiger partial charge in [0.15, 0.2) is 0 Å². The zero-order valence-corrected chi connectivity index (χ0v) is 9.55. The average molecular weight is 280 g/mol. The van der Waals surface area contributed by atoms with Gasteiger partial charge < -0.3 is 9.47 Å². The van der Waals surface area contributed by atoms with E-state index in [2.05, 4.69) is 42.5 Å². The Morgan fingerprint density at radius 3 is 2.33 bits per heavy atom. The Kier molecular flexibility index (Phi) is 2.01. The minimum atomic E-state index is -0.371. The first-order chi connectivity index (χ1) is 5.54. The minimum Gasteiger partial charge on any atom is -0.343 e. The van der Waals surface area contributed by atoms with Crippen LogP contribution in [0.5, 0.6) is 0 Å². The Hall–Kier alpha value is 0.390. The second-order valence-corrected chi connectivity index (χ2v) is 5.27. The third kappa shape index (κ3) is 1.32. The fourth-order valence-corrected chi connectivity index (χ4v) is 3.23. The van der Waals surface area contributed by atoms with Crippen LogP contribution in [0.3, 0.4) is 0 Å². The lowest BCUT2D eigenvalue weighted by Gasteiger charge is -2.25. The summed E-state index contributed by atoms with van der Waals surface area (Å²) in [5, 5.41) is 0. The van der Waals surface area contributed by atoms with Crippen molar-refractivity contribution in [2.75, 3.05) is 13.2 Å². The maximum Gasteiger partial charge on any atom is 0.201 e. The molecule has 0 aromatic carbocycles. The highest BCUT2D eigenvalue weighted by molar-refractivity contribution is 14.1. The molecule has 0 radical (unpaired) electrons. The van der Waals surface area contributed by atoms with E-state index in [0.29, 0.717) is 0 Å². The molecule has 1 spiro atoms. The highest BCUT2D eigenvalue weighted by Crippen LogP contribution is 2.49. The molecule has 0 saturated carbocycles. The van der Waals surface area contributed by atoms with Crippen molar-refractivity contribution < 1.29 is 9.47 Å². The number of allylic oxidation sites excluding steroid dienone is 1. The molecule has 0 N–H and O–H groups in total. The Labute approximate surface area is 86.4 Å². The largest absolute Gasteiger partial charge is 0.343 e. The van der Waals surface area contributed by atoms with E-state index in [1.165, 1.54) is 3.58 Å². The molecule has 0 aromatic rings. The predicted molar refractivity (Wildman–Crippen MR) is 55.1 cm³/mol. The summed E-state index contributed by atoms with van der Waals surface area (Å²) in [6, 6.07) is 0. The normalized spacial score (nSPS) is 31.1. The molecule has 68 valence electrons. The fourth-order valence-electron chi connectivity index (χ4n) is 1.88. The summed E-state index contributed by atoms with van der Waals surface area (Å²) in [7, 11) is 0. The smallest absolute Gasteiger partial charge is 0.201 e. The van der Waals surface area contributed by atoms with Gasteiger partial charge in [0, 0.05) is 10.0 Å². The minimum absolute atomic E-state index is 0.223. The van der Waals surface area contributed by atoms with Crippen molar-refractivity contribution in [1.82, 2.24) is 0 Å². The predicted octanol–water partition coefficient (Wildman–Crippen LogP) is 2.48. The molecule has 0 bridgehead atoms. The van der Waals surface area contributed by atoms with Crippen LogP contribution in [0.1, 0.15) is 20.3 Å². The number of ether oxygens (including phenoxy) is 2. The number of rotatable bonds is 0. The lowest BCUT2D eigenvalue weighted by Crippen LogP contribution is -2.29. The van der Waals surface area contributed by atoms with Crippen LogP contribution in [0.2, 0.25) is 0 Å². The van der Waals surface area contributed by atoms with Gasteiger partial charge in [-0.25, -0.2) is 0 Å². The van der Waals surface area contributed by atoms with Gasteiger partial charge in [0.2, 0.25) is 5.79 Å². The standard InChI is InChI=1S/C9H13IO2/c1-8(2)5-7(10)9(6-8)11-3-4-12-9/h5H,3-4,6H2,1-2H3. The van der Waals surface area contributed by atoms with Crippen molar-refractivity contribution in [1.29, 1.82) is 0 Å². The molecule has 1 aliphatic carbocycles. The van der Waals surface area contributed by atoms with Gasteiger partial charge >= 0.3 is 0 Å². The summed E-state index contributed by atoms with van der Waals surface area (Å²) < 4.78 is 12.5. The van der Waals surface area contributed by atoms with Crippen molar-refractivity contribution >= 4 is 22.6 Å². The summed E-state index contributed by atoms with van der Waals surface area (Å²) in [6.45, 7) is 5.89. The lowest BCUT2D eigenvalue weighted by atomic mass is 9.92. The highest BCUT2D eigenvalue weighted by atomic mass is 127. The first kappa shape index (κ1) is 8.97. The summed E-state index contributed by atoms with van der Waals surface area (Å²) in [6.07, 6.45) is 3.21. The lowest BCUT2D eigenvalue weighted by molar-refractivity contribution is -0.126. The van der Waals surface area contributed by atoms with Crippen molar-refractivity contribution in [3.63, 3.8) is 0 Å². The average Bonchev–Trinajstić information content (AvgIpc) is 2.42. The van der Waals surface area contributed by atoms with Crippen molar-refractivity contribution in [3.8, 4) is 0 Å². The molecule has 2 aliphatic rings.